The third kappa shape index (κ3) is 4.73. The third-order valence-corrected chi connectivity index (χ3v) is 3.89. The molecule has 0 fully saturated rings. The van der Waals surface area contributed by atoms with Gasteiger partial charge in [0.15, 0.2) is 0 Å². The summed E-state index contributed by atoms with van der Waals surface area (Å²) < 4.78 is 0. The molecule has 0 aromatic heterocycles. The minimum atomic E-state index is -0.379. The third-order valence-electron chi connectivity index (χ3n) is 3.89. The summed E-state index contributed by atoms with van der Waals surface area (Å²) in [5.41, 5.74) is 9.33. The first kappa shape index (κ1) is 16.3. The van der Waals surface area contributed by atoms with Crippen LogP contribution in [-0.4, -0.2) is 41.4 Å². The molecule has 2 rings (SSSR count). The number of nitrogen functional groups attached to an aromatic ring is 1. The molecule has 4 N–H and O–H groups in total. The Balaban J connectivity index is 1.99. The number of anilines is 1. The Labute approximate surface area is 131 Å². The second-order valence-corrected chi connectivity index (χ2v) is 5.87. The van der Waals surface area contributed by atoms with E-state index in [1.807, 2.05) is 13.0 Å². The SMILES string of the molecule is C[C@@H](CN1CCCCc2cc(N)ccc2C1)NC(=O)/C=N\O. The van der Waals surface area contributed by atoms with Gasteiger partial charge in [-0.2, -0.15) is 0 Å². The van der Waals surface area contributed by atoms with Gasteiger partial charge in [0, 0.05) is 24.8 Å². The van der Waals surface area contributed by atoms with E-state index >= 15 is 0 Å². The highest BCUT2D eigenvalue weighted by atomic mass is 16.4. The van der Waals surface area contributed by atoms with Crippen LogP contribution in [0.4, 0.5) is 5.69 Å². The number of carbonyl (C=O) groups is 1. The van der Waals surface area contributed by atoms with Gasteiger partial charge < -0.3 is 16.3 Å². The van der Waals surface area contributed by atoms with Gasteiger partial charge in [0.1, 0.15) is 6.21 Å². The van der Waals surface area contributed by atoms with E-state index in [1.165, 1.54) is 11.1 Å². The Morgan fingerprint density at radius 2 is 2.32 bits per heavy atom. The van der Waals surface area contributed by atoms with Crippen molar-refractivity contribution in [1.82, 2.24) is 10.2 Å². The van der Waals surface area contributed by atoms with Crippen LogP contribution in [-0.2, 0) is 17.8 Å². The molecular formula is C16H24N4O2. The fourth-order valence-electron chi connectivity index (χ4n) is 2.92. The molecule has 1 amide bonds. The van der Waals surface area contributed by atoms with E-state index in [0.717, 1.165) is 50.8 Å². The van der Waals surface area contributed by atoms with Crippen molar-refractivity contribution >= 4 is 17.8 Å². The highest BCUT2D eigenvalue weighted by molar-refractivity contribution is 6.26. The van der Waals surface area contributed by atoms with Crippen LogP contribution >= 0.6 is 0 Å². The number of amides is 1. The van der Waals surface area contributed by atoms with E-state index < -0.39 is 0 Å². The zero-order valence-corrected chi connectivity index (χ0v) is 13.0. The number of hydrogen-bond donors (Lipinski definition) is 3. The summed E-state index contributed by atoms with van der Waals surface area (Å²) in [6.45, 7) is 4.59. The first-order valence-corrected chi connectivity index (χ1v) is 7.66. The Morgan fingerprint density at radius 3 is 3.09 bits per heavy atom. The summed E-state index contributed by atoms with van der Waals surface area (Å²) in [5, 5.41) is 13.9. The second-order valence-electron chi connectivity index (χ2n) is 5.87. The number of fused-ring (bicyclic) bond motifs is 1. The number of rotatable bonds is 4. The lowest BCUT2D eigenvalue weighted by Gasteiger charge is -2.29. The van der Waals surface area contributed by atoms with E-state index in [0.29, 0.717) is 0 Å². The number of hydrogen-bond acceptors (Lipinski definition) is 5. The number of nitrogens with two attached hydrogens (primary N) is 1. The van der Waals surface area contributed by atoms with Gasteiger partial charge in [0.25, 0.3) is 5.91 Å². The molecule has 0 aliphatic carbocycles. The molecule has 1 atom stereocenters. The summed E-state index contributed by atoms with van der Waals surface area (Å²) in [4.78, 5) is 13.7. The van der Waals surface area contributed by atoms with Crippen molar-refractivity contribution in [1.29, 1.82) is 0 Å². The monoisotopic (exact) mass is 304 g/mol. The maximum absolute atomic E-state index is 11.4. The Morgan fingerprint density at radius 1 is 1.50 bits per heavy atom. The smallest absolute Gasteiger partial charge is 0.266 e. The predicted octanol–water partition coefficient (Wildman–Crippen LogP) is 1.37. The minimum absolute atomic E-state index is 0.0119. The molecule has 120 valence electrons. The lowest BCUT2D eigenvalue weighted by atomic mass is 9.98. The molecule has 0 saturated carbocycles. The second kappa shape index (κ2) is 7.79. The van der Waals surface area contributed by atoms with Crippen LogP contribution < -0.4 is 11.1 Å². The number of oxime groups is 1. The Kier molecular flexibility index (Phi) is 5.77. The van der Waals surface area contributed by atoms with Crippen LogP contribution in [0.2, 0.25) is 0 Å². The number of nitrogens with one attached hydrogen (secondary N) is 1. The molecule has 22 heavy (non-hydrogen) atoms. The summed E-state index contributed by atoms with van der Waals surface area (Å²) in [7, 11) is 0. The zero-order chi connectivity index (χ0) is 15.9. The lowest BCUT2D eigenvalue weighted by Crippen LogP contribution is -2.42. The summed E-state index contributed by atoms with van der Waals surface area (Å²) >= 11 is 0. The molecule has 0 radical (unpaired) electrons. The van der Waals surface area contributed by atoms with Crippen molar-refractivity contribution in [3.8, 4) is 0 Å². The fourth-order valence-corrected chi connectivity index (χ4v) is 2.92. The summed E-state index contributed by atoms with van der Waals surface area (Å²) in [6.07, 6.45) is 4.23. The van der Waals surface area contributed by atoms with Gasteiger partial charge in [-0.25, -0.2) is 0 Å². The van der Waals surface area contributed by atoms with Crippen LogP contribution in [0.25, 0.3) is 0 Å². The molecular weight excluding hydrogens is 280 g/mol. The molecule has 6 heteroatoms. The quantitative estimate of drug-likeness (QED) is 0.339. The maximum atomic E-state index is 11.4. The van der Waals surface area contributed by atoms with Gasteiger partial charge in [-0.3, -0.25) is 9.69 Å². The molecule has 6 nitrogen and oxygen atoms in total. The number of aryl methyl sites for hydroxylation is 1. The Bertz CT molecular complexity index is 545. The molecule has 1 aromatic rings. The topological polar surface area (TPSA) is 91.0 Å². The van der Waals surface area contributed by atoms with Gasteiger partial charge >= 0.3 is 0 Å². The zero-order valence-electron chi connectivity index (χ0n) is 13.0. The molecule has 1 aliphatic heterocycles. The van der Waals surface area contributed by atoms with E-state index in [-0.39, 0.29) is 11.9 Å². The molecule has 1 aromatic carbocycles. The average Bonchev–Trinajstić information content (AvgIpc) is 2.43. The standard InChI is InChI=1S/C16H24N4O2/c1-12(19-16(21)9-18-22)10-20-7-3-2-4-13-8-15(17)6-5-14(13)11-20/h5-6,8-9,12,22H,2-4,7,10-11,17H2,1H3,(H,19,21)/b18-9-/t12-/m0/s1. The Hall–Kier alpha value is -2.08. The van der Waals surface area contributed by atoms with Crippen LogP contribution in [0.5, 0.6) is 0 Å². The average molecular weight is 304 g/mol. The van der Waals surface area contributed by atoms with Gasteiger partial charge in [-0.05, 0) is 56.0 Å². The summed E-state index contributed by atoms with van der Waals surface area (Å²) in [5.74, 6) is -0.379. The molecule has 0 spiro atoms. The molecule has 1 heterocycles. The number of nitrogens with zero attached hydrogens (tertiary/aromatic N) is 2. The largest absolute Gasteiger partial charge is 0.411 e. The maximum Gasteiger partial charge on any atom is 0.266 e. The minimum Gasteiger partial charge on any atom is -0.411 e. The molecule has 0 unspecified atom stereocenters. The van der Waals surface area contributed by atoms with Crippen LogP contribution in [0.1, 0.15) is 30.9 Å². The first-order valence-electron chi connectivity index (χ1n) is 7.66. The molecule has 0 saturated heterocycles. The predicted molar refractivity (Wildman–Crippen MR) is 87.0 cm³/mol. The molecule has 1 aliphatic rings. The normalized spacial score (nSPS) is 17.5. The lowest BCUT2D eigenvalue weighted by molar-refractivity contribution is -0.115. The van der Waals surface area contributed by atoms with Crippen LogP contribution in [0, 0.1) is 0 Å². The highest BCUT2D eigenvalue weighted by Crippen LogP contribution is 2.21. The number of carbonyl (C=O) groups excluding carboxylic acids is 1. The van der Waals surface area contributed by atoms with Crippen LogP contribution in [0.3, 0.4) is 0 Å². The van der Waals surface area contributed by atoms with Crippen molar-refractivity contribution in [2.24, 2.45) is 5.16 Å². The first-order chi connectivity index (χ1) is 10.6. The van der Waals surface area contributed by atoms with E-state index in [4.69, 9.17) is 10.9 Å². The van der Waals surface area contributed by atoms with E-state index in [1.54, 1.807) is 0 Å². The van der Waals surface area contributed by atoms with Gasteiger partial charge in [-0.1, -0.05) is 11.2 Å². The summed E-state index contributed by atoms with van der Waals surface area (Å²) in [6, 6.07) is 6.11. The van der Waals surface area contributed by atoms with Crippen LogP contribution in [0.15, 0.2) is 23.4 Å². The van der Waals surface area contributed by atoms with Crippen molar-refractivity contribution in [3.63, 3.8) is 0 Å². The van der Waals surface area contributed by atoms with Crippen molar-refractivity contribution < 1.29 is 10.0 Å². The fraction of sp³-hybridized carbons (Fsp3) is 0.500. The van der Waals surface area contributed by atoms with Gasteiger partial charge in [0.2, 0.25) is 0 Å². The highest BCUT2D eigenvalue weighted by Gasteiger charge is 2.16. The van der Waals surface area contributed by atoms with Crippen molar-refractivity contribution in [2.75, 3.05) is 18.8 Å². The molecule has 0 bridgehead atoms. The number of benzene rings is 1. The van der Waals surface area contributed by atoms with Crippen molar-refractivity contribution in [2.45, 2.75) is 38.8 Å². The van der Waals surface area contributed by atoms with Gasteiger partial charge in [0.05, 0.1) is 0 Å². The van der Waals surface area contributed by atoms with E-state index in [2.05, 4.69) is 27.5 Å². The van der Waals surface area contributed by atoms with Gasteiger partial charge in [-0.15, -0.1) is 0 Å². The van der Waals surface area contributed by atoms with E-state index in [9.17, 15) is 4.79 Å². The van der Waals surface area contributed by atoms with Crippen molar-refractivity contribution in [3.05, 3.63) is 29.3 Å².